The van der Waals surface area contributed by atoms with Gasteiger partial charge in [0.1, 0.15) is 11.8 Å². The van der Waals surface area contributed by atoms with Crippen LogP contribution in [-0.2, 0) is 4.79 Å². The van der Waals surface area contributed by atoms with Crippen LogP contribution < -0.4 is 15.6 Å². The lowest BCUT2D eigenvalue weighted by Crippen LogP contribution is -2.34. The lowest BCUT2D eigenvalue weighted by Gasteiger charge is -2.15. The number of aromatic nitrogens is 3. The Balaban J connectivity index is 1.66. The second kappa shape index (κ2) is 8.25. The first kappa shape index (κ1) is 20.1. The van der Waals surface area contributed by atoms with Gasteiger partial charge in [-0.15, -0.1) is 16.4 Å². The minimum absolute atomic E-state index is 0.376. The number of nitrogens with one attached hydrogen (secondary N) is 1. The normalized spacial score (nSPS) is 12.0. The maximum Gasteiger partial charge on any atom is 0.279 e. The molecule has 0 aliphatic heterocycles. The highest BCUT2D eigenvalue weighted by atomic mass is 35.5. The first-order chi connectivity index (χ1) is 14.5. The van der Waals surface area contributed by atoms with E-state index in [0.717, 1.165) is 15.1 Å². The summed E-state index contributed by atoms with van der Waals surface area (Å²) >= 11 is 7.40. The number of benzene rings is 2. The van der Waals surface area contributed by atoms with Gasteiger partial charge >= 0.3 is 0 Å². The summed E-state index contributed by atoms with van der Waals surface area (Å²) in [7, 11) is 1.49. The van der Waals surface area contributed by atoms with Crippen molar-refractivity contribution >= 4 is 44.7 Å². The van der Waals surface area contributed by atoms with Crippen LogP contribution in [0.5, 0.6) is 5.75 Å². The summed E-state index contributed by atoms with van der Waals surface area (Å²) in [6.45, 7) is 1.58. The maximum absolute atomic E-state index is 13.0. The fourth-order valence-electron chi connectivity index (χ4n) is 2.99. The monoisotopic (exact) mass is 440 g/mol. The Hall–Kier alpha value is -3.23. The second-order valence-corrected chi connectivity index (χ2v) is 8.01. The van der Waals surface area contributed by atoms with Crippen LogP contribution in [0.4, 0.5) is 5.69 Å². The third-order valence-electron chi connectivity index (χ3n) is 4.61. The SMILES string of the molecule is COc1ccc(Cl)cc1NC(=O)C(C)n1nnc2sc(-c3ccccc3)cc2c1=O. The Morgan fingerprint density at radius 1 is 1.20 bits per heavy atom. The number of anilines is 1. The van der Waals surface area contributed by atoms with E-state index in [4.69, 9.17) is 16.3 Å². The van der Waals surface area contributed by atoms with E-state index in [1.54, 1.807) is 31.2 Å². The highest BCUT2D eigenvalue weighted by Gasteiger charge is 2.21. The van der Waals surface area contributed by atoms with E-state index in [2.05, 4.69) is 15.6 Å². The first-order valence-corrected chi connectivity index (χ1v) is 10.3. The highest BCUT2D eigenvalue weighted by Crippen LogP contribution is 2.31. The smallest absolute Gasteiger partial charge is 0.279 e. The molecule has 1 unspecified atom stereocenters. The Morgan fingerprint density at radius 2 is 1.97 bits per heavy atom. The van der Waals surface area contributed by atoms with E-state index in [9.17, 15) is 9.59 Å². The van der Waals surface area contributed by atoms with Crippen LogP contribution in [0, 0.1) is 0 Å². The zero-order valence-corrected chi connectivity index (χ0v) is 17.7. The highest BCUT2D eigenvalue weighted by molar-refractivity contribution is 7.21. The topological polar surface area (TPSA) is 86.1 Å². The number of amides is 1. The van der Waals surface area contributed by atoms with Crippen molar-refractivity contribution in [2.75, 3.05) is 12.4 Å². The predicted molar refractivity (Wildman–Crippen MR) is 118 cm³/mol. The van der Waals surface area contributed by atoms with E-state index in [0.29, 0.717) is 26.7 Å². The van der Waals surface area contributed by atoms with Gasteiger partial charge in [-0.3, -0.25) is 9.59 Å². The number of nitrogens with zero attached hydrogens (tertiary/aromatic N) is 3. The number of methoxy groups -OCH3 is 1. The molecule has 9 heteroatoms. The minimum Gasteiger partial charge on any atom is -0.495 e. The largest absolute Gasteiger partial charge is 0.495 e. The van der Waals surface area contributed by atoms with E-state index in [1.807, 2.05) is 30.3 Å². The number of thiophene rings is 1. The van der Waals surface area contributed by atoms with Crippen LogP contribution in [0.3, 0.4) is 0 Å². The van der Waals surface area contributed by atoms with E-state index in [1.165, 1.54) is 18.4 Å². The first-order valence-electron chi connectivity index (χ1n) is 9.07. The molecular weight excluding hydrogens is 424 g/mol. The number of hydrogen-bond donors (Lipinski definition) is 1. The van der Waals surface area contributed by atoms with Gasteiger partial charge in [-0.2, -0.15) is 4.68 Å². The summed E-state index contributed by atoms with van der Waals surface area (Å²) in [6.07, 6.45) is 0. The molecule has 0 saturated carbocycles. The van der Waals surface area contributed by atoms with Gasteiger partial charge in [0.15, 0.2) is 4.83 Å². The van der Waals surface area contributed by atoms with Gasteiger partial charge in [0, 0.05) is 9.90 Å². The molecule has 1 N–H and O–H groups in total. The van der Waals surface area contributed by atoms with Crippen LogP contribution in [0.2, 0.25) is 5.02 Å². The minimum atomic E-state index is -0.891. The van der Waals surface area contributed by atoms with Gasteiger partial charge in [-0.25, -0.2) is 0 Å². The van der Waals surface area contributed by atoms with Crippen LogP contribution in [-0.4, -0.2) is 28.0 Å². The lowest BCUT2D eigenvalue weighted by molar-refractivity contribution is -0.119. The summed E-state index contributed by atoms with van der Waals surface area (Å²) in [6, 6.07) is 15.5. The van der Waals surface area contributed by atoms with E-state index in [-0.39, 0.29) is 5.56 Å². The number of rotatable bonds is 5. The van der Waals surface area contributed by atoms with Crippen molar-refractivity contribution in [3.8, 4) is 16.2 Å². The summed E-state index contributed by atoms with van der Waals surface area (Å²) in [5.41, 5.74) is 1.02. The molecule has 0 aliphatic carbocycles. The summed E-state index contributed by atoms with van der Waals surface area (Å²) < 4.78 is 6.32. The average molecular weight is 441 g/mol. The summed E-state index contributed by atoms with van der Waals surface area (Å²) in [5, 5.41) is 11.7. The molecule has 0 fully saturated rings. The third kappa shape index (κ3) is 3.79. The number of hydrogen-bond acceptors (Lipinski definition) is 6. The molecule has 0 aliphatic rings. The average Bonchev–Trinajstić information content (AvgIpc) is 3.20. The molecule has 152 valence electrons. The van der Waals surface area contributed by atoms with Gasteiger partial charge < -0.3 is 10.1 Å². The molecule has 2 heterocycles. The van der Waals surface area contributed by atoms with Gasteiger partial charge in [0.2, 0.25) is 5.91 Å². The Labute approximate surface area is 180 Å². The molecular formula is C21H17ClN4O3S. The van der Waals surface area contributed by atoms with Gasteiger partial charge in [-0.1, -0.05) is 47.1 Å². The molecule has 2 aromatic carbocycles. The van der Waals surface area contributed by atoms with Crippen molar-refractivity contribution in [1.82, 2.24) is 15.0 Å². The predicted octanol–water partition coefficient (Wildman–Crippen LogP) is 4.38. The van der Waals surface area contributed by atoms with Crippen molar-refractivity contribution in [2.45, 2.75) is 13.0 Å². The standard InChI is InChI=1S/C21H17ClN4O3S/c1-12(19(27)23-16-10-14(22)8-9-17(16)29-2)26-21(28)15-11-18(30-20(15)24-25-26)13-6-4-3-5-7-13/h3-12H,1-2H3,(H,23,27). The fraction of sp³-hybridized carbons (Fsp3) is 0.143. The second-order valence-electron chi connectivity index (χ2n) is 6.54. The number of carbonyl (C=O) groups excluding carboxylic acids is 1. The molecule has 1 atom stereocenters. The fourth-order valence-corrected chi connectivity index (χ4v) is 4.13. The maximum atomic E-state index is 13.0. The Morgan fingerprint density at radius 3 is 2.70 bits per heavy atom. The summed E-state index contributed by atoms with van der Waals surface area (Å²) in [4.78, 5) is 27.2. The van der Waals surface area contributed by atoms with Crippen LogP contribution in [0.1, 0.15) is 13.0 Å². The van der Waals surface area contributed by atoms with Gasteiger partial charge in [-0.05, 0) is 36.8 Å². The Bertz CT molecular complexity index is 1290. The zero-order chi connectivity index (χ0) is 21.3. The number of ether oxygens (including phenoxy) is 1. The molecule has 30 heavy (non-hydrogen) atoms. The van der Waals surface area contributed by atoms with E-state index < -0.39 is 11.9 Å². The van der Waals surface area contributed by atoms with Gasteiger partial charge in [0.05, 0.1) is 18.2 Å². The molecule has 2 aromatic heterocycles. The van der Waals surface area contributed by atoms with Crippen molar-refractivity contribution in [3.63, 3.8) is 0 Å². The molecule has 0 bridgehead atoms. The van der Waals surface area contributed by atoms with E-state index >= 15 is 0 Å². The van der Waals surface area contributed by atoms with Crippen molar-refractivity contribution in [1.29, 1.82) is 0 Å². The number of halogens is 1. The van der Waals surface area contributed by atoms with Crippen LogP contribution >= 0.6 is 22.9 Å². The molecule has 7 nitrogen and oxygen atoms in total. The molecule has 4 rings (SSSR count). The lowest BCUT2D eigenvalue weighted by atomic mass is 10.2. The third-order valence-corrected chi connectivity index (χ3v) is 5.91. The number of carbonyl (C=O) groups is 1. The zero-order valence-electron chi connectivity index (χ0n) is 16.1. The van der Waals surface area contributed by atoms with Crippen LogP contribution in [0.15, 0.2) is 59.4 Å². The molecule has 0 saturated heterocycles. The van der Waals surface area contributed by atoms with Crippen molar-refractivity contribution in [2.24, 2.45) is 0 Å². The van der Waals surface area contributed by atoms with Crippen LogP contribution in [0.25, 0.3) is 20.7 Å². The molecule has 4 aromatic rings. The molecule has 0 spiro atoms. The Kier molecular flexibility index (Phi) is 5.52. The van der Waals surface area contributed by atoms with Crippen molar-refractivity contribution < 1.29 is 9.53 Å². The quantitative estimate of drug-likeness (QED) is 0.497. The van der Waals surface area contributed by atoms with Crippen molar-refractivity contribution in [3.05, 3.63) is 70.0 Å². The number of fused-ring (bicyclic) bond motifs is 1. The summed E-state index contributed by atoms with van der Waals surface area (Å²) in [5.74, 6) is 0.0176. The van der Waals surface area contributed by atoms with Gasteiger partial charge in [0.25, 0.3) is 5.56 Å². The molecule has 0 radical (unpaired) electrons. The molecule has 1 amide bonds.